The largest absolute Gasteiger partial charge is 0.472 e. The number of hydrogen-bond acceptors (Lipinski definition) is 9. The van der Waals surface area contributed by atoms with Gasteiger partial charge in [0.15, 0.2) is 29.0 Å². The van der Waals surface area contributed by atoms with E-state index in [4.69, 9.17) is 9.15 Å². The number of aromatic nitrogens is 4. The van der Waals surface area contributed by atoms with Crippen LogP contribution in [0.25, 0.3) is 22.6 Å². The number of rotatable bonds is 7. The van der Waals surface area contributed by atoms with E-state index in [9.17, 15) is 15.0 Å². The molecule has 1 saturated heterocycles. The third kappa shape index (κ3) is 4.12. The molecule has 1 aliphatic heterocycles. The maximum atomic E-state index is 11.8. The minimum Gasteiger partial charge on any atom is -0.472 e. The zero-order valence-electron chi connectivity index (χ0n) is 18.3. The first kappa shape index (κ1) is 22.0. The van der Waals surface area contributed by atoms with Crippen LogP contribution in [-0.2, 0) is 16.1 Å². The third-order valence-corrected chi connectivity index (χ3v) is 5.78. The van der Waals surface area contributed by atoms with Crippen LogP contribution in [-0.4, -0.2) is 61.0 Å². The van der Waals surface area contributed by atoms with E-state index >= 15 is 0 Å². The van der Waals surface area contributed by atoms with Crippen molar-refractivity contribution in [1.29, 1.82) is 0 Å². The SMILES string of the molecule is CNC(=O)C[C@@H]1O[C@@H](n2cnc3c(NCc4ccccc4)nc(-c4ccoc4)nc32)[C@H](O)[C@@H]1O. The Morgan fingerprint density at radius 2 is 1.97 bits per heavy atom. The molecule has 0 saturated carbocycles. The summed E-state index contributed by atoms with van der Waals surface area (Å²) in [7, 11) is 1.50. The van der Waals surface area contributed by atoms with Gasteiger partial charge in [-0.1, -0.05) is 30.3 Å². The van der Waals surface area contributed by atoms with Crippen molar-refractivity contribution in [1.82, 2.24) is 24.8 Å². The summed E-state index contributed by atoms with van der Waals surface area (Å²) in [6, 6.07) is 11.6. The van der Waals surface area contributed by atoms with Gasteiger partial charge in [-0.25, -0.2) is 15.0 Å². The van der Waals surface area contributed by atoms with E-state index in [1.807, 2.05) is 30.3 Å². The molecule has 4 N–H and O–H groups in total. The van der Waals surface area contributed by atoms with Gasteiger partial charge in [-0.05, 0) is 11.6 Å². The molecule has 0 aliphatic carbocycles. The van der Waals surface area contributed by atoms with Gasteiger partial charge in [0, 0.05) is 13.6 Å². The molecule has 1 aromatic carbocycles. The van der Waals surface area contributed by atoms with Gasteiger partial charge < -0.3 is 30.0 Å². The highest BCUT2D eigenvalue weighted by atomic mass is 16.6. The lowest BCUT2D eigenvalue weighted by molar-refractivity contribution is -0.125. The molecule has 4 atom stereocenters. The molecule has 0 bridgehead atoms. The molecule has 0 spiro atoms. The fourth-order valence-corrected chi connectivity index (χ4v) is 3.94. The Morgan fingerprint density at radius 3 is 2.71 bits per heavy atom. The van der Waals surface area contributed by atoms with Crippen molar-refractivity contribution in [2.75, 3.05) is 12.4 Å². The summed E-state index contributed by atoms with van der Waals surface area (Å²) < 4.78 is 12.6. The van der Waals surface area contributed by atoms with E-state index in [0.29, 0.717) is 34.9 Å². The van der Waals surface area contributed by atoms with Gasteiger partial charge in [0.25, 0.3) is 0 Å². The molecular formula is C23H24N6O5. The maximum absolute atomic E-state index is 11.8. The number of imidazole rings is 1. The van der Waals surface area contributed by atoms with Gasteiger partial charge in [0.2, 0.25) is 5.91 Å². The average molecular weight is 464 g/mol. The van der Waals surface area contributed by atoms with Crippen LogP contribution >= 0.6 is 0 Å². The summed E-state index contributed by atoms with van der Waals surface area (Å²) in [5, 5.41) is 27.0. The summed E-state index contributed by atoms with van der Waals surface area (Å²) in [6.45, 7) is 0.514. The second-order valence-corrected chi connectivity index (χ2v) is 7.99. The van der Waals surface area contributed by atoms with Crippen LogP contribution in [0.4, 0.5) is 5.82 Å². The van der Waals surface area contributed by atoms with Crippen molar-refractivity contribution in [3.63, 3.8) is 0 Å². The Hall–Kier alpha value is -3.80. The predicted octanol–water partition coefficient (Wildman–Crippen LogP) is 1.45. The monoisotopic (exact) mass is 464 g/mol. The quantitative estimate of drug-likeness (QED) is 0.319. The van der Waals surface area contributed by atoms with Crippen LogP contribution in [0.5, 0.6) is 0 Å². The molecule has 11 nitrogen and oxygen atoms in total. The molecule has 0 unspecified atom stereocenters. The summed E-state index contributed by atoms with van der Waals surface area (Å²) in [4.78, 5) is 25.5. The number of hydrogen-bond donors (Lipinski definition) is 4. The van der Waals surface area contributed by atoms with Crippen molar-refractivity contribution < 1.29 is 24.2 Å². The second-order valence-electron chi connectivity index (χ2n) is 7.99. The van der Waals surface area contributed by atoms with E-state index in [-0.39, 0.29) is 12.3 Å². The summed E-state index contributed by atoms with van der Waals surface area (Å²) >= 11 is 0. The van der Waals surface area contributed by atoms with Gasteiger partial charge in [0.1, 0.15) is 18.5 Å². The maximum Gasteiger partial charge on any atom is 0.222 e. The normalized spacial score (nSPS) is 22.2. The number of nitrogens with zero attached hydrogens (tertiary/aromatic N) is 4. The smallest absolute Gasteiger partial charge is 0.222 e. The van der Waals surface area contributed by atoms with Crippen LogP contribution in [0.2, 0.25) is 0 Å². The molecule has 4 heterocycles. The van der Waals surface area contributed by atoms with E-state index in [1.165, 1.54) is 25.9 Å². The lowest BCUT2D eigenvalue weighted by Crippen LogP contribution is -2.34. The van der Waals surface area contributed by atoms with Gasteiger partial charge in [-0.2, -0.15) is 0 Å². The molecule has 5 rings (SSSR count). The molecule has 0 radical (unpaired) electrons. The number of benzene rings is 1. The first-order valence-corrected chi connectivity index (χ1v) is 10.8. The van der Waals surface area contributed by atoms with Crippen molar-refractivity contribution in [3.8, 4) is 11.4 Å². The topological polar surface area (TPSA) is 148 Å². The molecule has 1 aliphatic rings. The number of amides is 1. The number of anilines is 1. The number of furan rings is 1. The Kier molecular flexibility index (Phi) is 5.97. The third-order valence-electron chi connectivity index (χ3n) is 5.78. The van der Waals surface area contributed by atoms with Crippen LogP contribution in [0.1, 0.15) is 18.2 Å². The van der Waals surface area contributed by atoms with Crippen LogP contribution in [0.15, 0.2) is 59.7 Å². The molecule has 3 aromatic heterocycles. The number of carbonyl (C=O) groups excluding carboxylic acids is 1. The number of nitrogens with one attached hydrogen (secondary N) is 2. The first-order chi connectivity index (χ1) is 16.5. The van der Waals surface area contributed by atoms with E-state index in [1.54, 1.807) is 10.6 Å². The molecular weight excluding hydrogens is 440 g/mol. The van der Waals surface area contributed by atoms with Gasteiger partial charge in [0.05, 0.1) is 30.7 Å². The molecule has 11 heteroatoms. The lowest BCUT2D eigenvalue weighted by Gasteiger charge is -2.17. The van der Waals surface area contributed by atoms with Gasteiger partial charge in [-0.3, -0.25) is 9.36 Å². The van der Waals surface area contributed by atoms with Crippen molar-refractivity contribution in [3.05, 3.63) is 60.8 Å². The molecule has 4 aromatic rings. The van der Waals surface area contributed by atoms with E-state index in [2.05, 4.69) is 25.6 Å². The number of aliphatic hydroxyl groups is 2. The molecule has 176 valence electrons. The molecule has 1 fully saturated rings. The highest BCUT2D eigenvalue weighted by Crippen LogP contribution is 2.34. The van der Waals surface area contributed by atoms with E-state index < -0.39 is 24.5 Å². The zero-order chi connectivity index (χ0) is 23.7. The Balaban J connectivity index is 1.52. The summed E-state index contributed by atoms with van der Waals surface area (Å²) in [5.74, 6) is 0.594. The minimum atomic E-state index is -1.28. The average Bonchev–Trinajstić information content (AvgIpc) is 3.60. The number of fused-ring (bicyclic) bond motifs is 1. The molecule has 1 amide bonds. The zero-order valence-corrected chi connectivity index (χ0v) is 18.3. The Bertz CT molecular complexity index is 1280. The molecule has 34 heavy (non-hydrogen) atoms. The Morgan fingerprint density at radius 1 is 1.15 bits per heavy atom. The highest BCUT2D eigenvalue weighted by molar-refractivity contribution is 5.85. The minimum absolute atomic E-state index is 0.0863. The first-order valence-electron chi connectivity index (χ1n) is 10.8. The number of ether oxygens (including phenoxy) is 1. The van der Waals surface area contributed by atoms with Gasteiger partial charge in [-0.15, -0.1) is 0 Å². The van der Waals surface area contributed by atoms with Crippen molar-refractivity contribution in [2.45, 2.75) is 37.5 Å². The highest BCUT2D eigenvalue weighted by Gasteiger charge is 2.45. The van der Waals surface area contributed by atoms with Crippen molar-refractivity contribution >= 4 is 22.9 Å². The van der Waals surface area contributed by atoms with Crippen LogP contribution < -0.4 is 10.6 Å². The summed E-state index contributed by atoms with van der Waals surface area (Å²) in [5.41, 5.74) is 2.61. The second kappa shape index (κ2) is 9.21. The summed E-state index contributed by atoms with van der Waals surface area (Å²) in [6.07, 6.45) is 0.0810. The predicted molar refractivity (Wildman–Crippen MR) is 121 cm³/mol. The Labute approximate surface area is 194 Å². The van der Waals surface area contributed by atoms with Crippen molar-refractivity contribution in [2.24, 2.45) is 0 Å². The standard InChI is InChI=1S/C23H24N6O5/c1-24-16(30)9-15-18(31)19(32)23(34-15)29-12-26-17-21(25-10-13-5-3-2-4-6-13)27-20(28-22(17)29)14-7-8-33-11-14/h2-8,11-12,15,18-19,23,31-32H,9-10H2,1H3,(H,24,30)(H,25,27,28)/t15-,18+,19+,23+/m0/s1. The van der Waals surface area contributed by atoms with Gasteiger partial charge >= 0.3 is 0 Å². The number of aliphatic hydroxyl groups excluding tert-OH is 2. The number of carbonyl (C=O) groups is 1. The van der Waals surface area contributed by atoms with E-state index in [0.717, 1.165) is 5.56 Å². The van der Waals surface area contributed by atoms with Crippen LogP contribution in [0, 0.1) is 0 Å². The fraction of sp³-hybridized carbons (Fsp3) is 0.304. The van der Waals surface area contributed by atoms with Crippen LogP contribution in [0.3, 0.4) is 0 Å². The fourth-order valence-electron chi connectivity index (χ4n) is 3.94. The lowest BCUT2D eigenvalue weighted by atomic mass is 10.1.